The number of carbonyl (C=O) groups excluding carboxylic acids is 1. The van der Waals surface area contributed by atoms with Gasteiger partial charge in [0, 0.05) is 24.7 Å². The van der Waals surface area contributed by atoms with Crippen LogP contribution in [0.5, 0.6) is 0 Å². The number of piperidine rings is 1. The molecule has 162 valence electrons. The van der Waals surface area contributed by atoms with Crippen molar-refractivity contribution in [2.24, 2.45) is 0 Å². The lowest BCUT2D eigenvalue weighted by Gasteiger charge is -2.24. The maximum Gasteiger partial charge on any atom is 0.291 e. The molecule has 2 aromatic carbocycles. The Morgan fingerprint density at radius 2 is 1.68 bits per heavy atom. The van der Waals surface area contributed by atoms with Crippen molar-refractivity contribution in [1.82, 2.24) is 4.31 Å². The van der Waals surface area contributed by atoms with E-state index in [4.69, 9.17) is 4.42 Å². The molecular formula is C22H20F2N2O4S. The summed E-state index contributed by atoms with van der Waals surface area (Å²) in [4.78, 5) is 12.7. The molecule has 1 aromatic heterocycles. The molecule has 6 nitrogen and oxygen atoms in total. The first-order valence-corrected chi connectivity index (χ1v) is 11.3. The Morgan fingerprint density at radius 1 is 0.968 bits per heavy atom. The molecule has 0 aliphatic carbocycles. The molecule has 9 heteroatoms. The highest BCUT2D eigenvalue weighted by Crippen LogP contribution is 2.32. The third-order valence-corrected chi connectivity index (χ3v) is 6.87. The average molecular weight is 446 g/mol. The summed E-state index contributed by atoms with van der Waals surface area (Å²) >= 11 is 0. The number of hydrogen-bond acceptors (Lipinski definition) is 4. The van der Waals surface area contributed by atoms with Crippen LogP contribution in [0.2, 0.25) is 0 Å². The van der Waals surface area contributed by atoms with E-state index in [2.05, 4.69) is 5.32 Å². The van der Waals surface area contributed by atoms with Crippen LogP contribution >= 0.6 is 0 Å². The first kappa shape index (κ1) is 21.2. The van der Waals surface area contributed by atoms with Gasteiger partial charge in [0.05, 0.1) is 5.69 Å². The van der Waals surface area contributed by atoms with E-state index < -0.39 is 27.6 Å². The Morgan fingerprint density at radius 3 is 2.39 bits per heavy atom. The van der Waals surface area contributed by atoms with Crippen LogP contribution in [0, 0.1) is 11.6 Å². The molecule has 1 fully saturated rings. The predicted molar refractivity (Wildman–Crippen MR) is 111 cm³/mol. The molecule has 0 bridgehead atoms. The van der Waals surface area contributed by atoms with E-state index in [-0.39, 0.29) is 22.1 Å². The van der Waals surface area contributed by atoms with E-state index >= 15 is 0 Å². The Kier molecular flexibility index (Phi) is 5.88. The Labute approximate surface area is 178 Å². The van der Waals surface area contributed by atoms with Crippen LogP contribution < -0.4 is 5.32 Å². The molecule has 0 atom stereocenters. The van der Waals surface area contributed by atoms with E-state index in [1.165, 1.54) is 16.4 Å². The zero-order chi connectivity index (χ0) is 22.0. The van der Waals surface area contributed by atoms with Crippen LogP contribution in [0.15, 0.2) is 64.1 Å². The van der Waals surface area contributed by atoms with Gasteiger partial charge < -0.3 is 9.73 Å². The van der Waals surface area contributed by atoms with Gasteiger partial charge in [-0.15, -0.1) is 0 Å². The number of rotatable bonds is 5. The summed E-state index contributed by atoms with van der Waals surface area (Å²) in [6.45, 7) is 0.789. The summed E-state index contributed by atoms with van der Waals surface area (Å²) in [7, 11) is -3.85. The highest BCUT2D eigenvalue weighted by Gasteiger charge is 2.30. The van der Waals surface area contributed by atoms with Crippen molar-refractivity contribution in [3.8, 4) is 11.1 Å². The van der Waals surface area contributed by atoms with Gasteiger partial charge in [0.2, 0.25) is 5.09 Å². The Balaban J connectivity index is 1.62. The molecule has 1 amide bonds. The lowest BCUT2D eigenvalue weighted by molar-refractivity contribution is 0.0991. The predicted octanol–water partition coefficient (Wildman–Crippen LogP) is 4.65. The SMILES string of the molecule is O=C(Nc1c(F)cc(F)cc1-c1ccccc1)c1ccc(S(=O)(=O)N2CCCCC2)o1. The van der Waals surface area contributed by atoms with Gasteiger partial charge in [-0.25, -0.2) is 17.2 Å². The van der Waals surface area contributed by atoms with E-state index in [0.29, 0.717) is 24.7 Å². The molecule has 0 spiro atoms. The van der Waals surface area contributed by atoms with Crippen molar-refractivity contribution in [1.29, 1.82) is 0 Å². The maximum atomic E-state index is 14.5. The van der Waals surface area contributed by atoms with Gasteiger partial charge in [-0.1, -0.05) is 36.8 Å². The number of carbonyl (C=O) groups is 1. The van der Waals surface area contributed by atoms with Crippen molar-refractivity contribution in [2.45, 2.75) is 24.4 Å². The van der Waals surface area contributed by atoms with Gasteiger partial charge >= 0.3 is 0 Å². The van der Waals surface area contributed by atoms with Crippen LogP contribution in [0.4, 0.5) is 14.5 Å². The highest BCUT2D eigenvalue weighted by molar-refractivity contribution is 7.89. The van der Waals surface area contributed by atoms with E-state index in [1.807, 2.05) is 0 Å². The first-order valence-electron chi connectivity index (χ1n) is 9.82. The molecule has 0 saturated carbocycles. The maximum absolute atomic E-state index is 14.5. The number of nitrogens with one attached hydrogen (secondary N) is 1. The molecular weight excluding hydrogens is 426 g/mol. The molecule has 31 heavy (non-hydrogen) atoms. The standard InChI is InChI=1S/C22H20F2N2O4S/c23-16-13-17(15-7-3-1-4-8-15)21(18(24)14-16)25-22(27)19-9-10-20(30-19)31(28,29)26-11-5-2-6-12-26/h1,3-4,7-10,13-14H,2,5-6,11-12H2,(H,25,27). The number of amides is 1. The molecule has 4 rings (SSSR count). The number of benzene rings is 2. The summed E-state index contributed by atoms with van der Waals surface area (Å²) in [6, 6.07) is 12.7. The van der Waals surface area contributed by atoms with Crippen molar-refractivity contribution >= 4 is 21.6 Å². The van der Waals surface area contributed by atoms with E-state index in [1.54, 1.807) is 30.3 Å². The fourth-order valence-corrected chi connectivity index (χ4v) is 4.96. The monoisotopic (exact) mass is 446 g/mol. The van der Waals surface area contributed by atoms with Crippen molar-refractivity contribution in [2.75, 3.05) is 18.4 Å². The minimum atomic E-state index is -3.85. The number of nitrogens with zero attached hydrogens (tertiary/aromatic N) is 1. The third-order valence-electron chi connectivity index (χ3n) is 5.09. The second-order valence-corrected chi connectivity index (χ2v) is 9.08. The lowest BCUT2D eigenvalue weighted by atomic mass is 10.0. The van der Waals surface area contributed by atoms with Crippen LogP contribution in [0.25, 0.3) is 11.1 Å². The fourth-order valence-electron chi connectivity index (χ4n) is 3.53. The summed E-state index contributed by atoms with van der Waals surface area (Å²) < 4.78 is 60.4. The van der Waals surface area contributed by atoms with Crippen LogP contribution in [0.3, 0.4) is 0 Å². The molecule has 0 radical (unpaired) electrons. The number of halogens is 2. The minimum absolute atomic E-state index is 0.152. The lowest BCUT2D eigenvalue weighted by Crippen LogP contribution is -2.35. The second kappa shape index (κ2) is 8.60. The van der Waals surface area contributed by atoms with Gasteiger partial charge in [0.25, 0.3) is 15.9 Å². The topological polar surface area (TPSA) is 79.6 Å². The number of sulfonamides is 1. The number of anilines is 1. The Bertz CT molecular complexity index is 1200. The van der Waals surface area contributed by atoms with Crippen molar-refractivity contribution < 1.29 is 26.4 Å². The molecule has 3 aromatic rings. The van der Waals surface area contributed by atoms with Gasteiger partial charge in [0.15, 0.2) is 5.76 Å². The third kappa shape index (κ3) is 4.38. The van der Waals surface area contributed by atoms with Crippen molar-refractivity contribution in [3.63, 3.8) is 0 Å². The average Bonchev–Trinajstić information content (AvgIpc) is 3.28. The van der Waals surface area contributed by atoms with Gasteiger partial charge in [-0.2, -0.15) is 4.31 Å². The van der Waals surface area contributed by atoms with E-state index in [9.17, 15) is 22.0 Å². The van der Waals surface area contributed by atoms with Gasteiger partial charge in [-0.05, 0) is 36.6 Å². The molecule has 1 aliphatic rings. The summed E-state index contributed by atoms with van der Waals surface area (Å²) in [5.74, 6) is -2.89. The highest BCUT2D eigenvalue weighted by atomic mass is 32.2. The van der Waals surface area contributed by atoms with E-state index in [0.717, 1.165) is 25.3 Å². The molecule has 1 saturated heterocycles. The fraction of sp³-hybridized carbons (Fsp3) is 0.227. The van der Waals surface area contributed by atoms with Gasteiger partial charge in [0.1, 0.15) is 11.6 Å². The minimum Gasteiger partial charge on any atom is -0.438 e. The molecule has 1 aliphatic heterocycles. The summed E-state index contributed by atoms with van der Waals surface area (Å²) in [6.07, 6.45) is 2.49. The molecule has 1 N–H and O–H groups in total. The summed E-state index contributed by atoms with van der Waals surface area (Å²) in [5, 5.41) is 2.04. The summed E-state index contributed by atoms with van der Waals surface area (Å²) in [5.41, 5.74) is 0.428. The second-order valence-electron chi connectivity index (χ2n) is 7.21. The van der Waals surface area contributed by atoms with Crippen LogP contribution in [0.1, 0.15) is 29.8 Å². The van der Waals surface area contributed by atoms with Crippen LogP contribution in [-0.2, 0) is 10.0 Å². The molecule has 2 heterocycles. The van der Waals surface area contributed by atoms with Gasteiger partial charge in [-0.3, -0.25) is 4.79 Å². The first-order chi connectivity index (χ1) is 14.9. The zero-order valence-electron chi connectivity index (χ0n) is 16.5. The smallest absolute Gasteiger partial charge is 0.291 e. The van der Waals surface area contributed by atoms with Crippen LogP contribution in [-0.4, -0.2) is 31.7 Å². The largest absolute Gasteiger partial charge is 0.438 e. The quantitative estimate of drug-likeness (QED) is 0.619. The number of hydrogen-bond donors (Lipinski definition) is 1. The van der Waals surface area contributed by atoms with Crippen molar-refractivity contribution in [3.05, 3.63) is 72.0 Å². The Hall–Kier alpha value is -3.04. The normalized spacial score (nSPS) is 15.0. The molecule has 0 unspecified atom stereocenters. The zero-order valence-corrected chi connectivity index (χ0v) is 17.3. The number of furan rings is 1.